The van der Waals surface area contributed by atoms with Gasteiger partial charge in [-0.1, -0.05) is 49.6 Å². The molecule has 0 amide bonds. The topological polar surface area (TPSA) is 78.4 Å². The van der Waals surface area contributed by atoms with Crippen molar-refractivity contribution in [1.29, 1.82) is 0 Å². The number of nitrogens with one attached hydrogen (secondary N) is 2. The molecule has 0 spiro atoms. The van der Waals surface area contributed by atoms with Gasteiger partial charge in [-0.05, 0) is 35.7 Å². The van der Waals surface area contributed by atoms with Gasteiger partial charge in [0.15, 0.2) is 0 Å². The lowest BCUT2D eigenvalue weighted by Crippen LogP contribution is -2.55. The number of rotatable bonds is 5. The predicted octanol–water partition coefficient (Wildman–Crippen LogP) is 2.80. The second kappa shape index (κ2) is 6.57. The van der Waals surface area contributed by atoms with Crippen LogP contribution in [-0.2, 0) is 10.0 Å². The summed E-state index contributed by atoms with van der Waals surface area (Å²) >= 11 is 0. The van der Waals surface area contributed by atoms with E-state index >= 15 is 0 Å². The minimum absolute atomic E-state index is 0.222. The molecule has 0 saturated heterocycles. The fourth-order valence-electron chi connectivity index (χ4n) is 3.37. The summed E-state index contributed by atoms with van der Waals surface area (Å²) in [5, 5.41) is 11.0. The van der Waals surface area contributed by atoms with E-state index in [2.05, 4.69) is 10.2 Å². The first-order valence-electron chi connectivity index (χ1n) is 7.94. The highest BCUT2D eigenvalue weighted by Gasteiger charge is 2.36. The van der Waals surface area contributed by atoms with Gasteiger partial charge < -0.3 is 5.21 Å². The van der Waals surface area contributed by atoms with Gasteiger partial charge in [0.1, 0.15) is 0 Å². The second-order valence-electron chi connectivity index (χ2n) is 6.29. The number of fused-ring (bicyclic) bond motifs is 1. The van der Waals surface area contributed by atoms with Crippen molar-refractivity contribution < 1.29 is 13.6 Å². The third kappa shape index (κ3) is 3.55. The molecule has 1 aliphatic rings. The molecule has 6 heteroatoms. The maximum absolute atomic E-state index is 12.8. The van der Waals surface area contributed by atoms with Gasteiger partial charge in [-0.2, -0.15) is 0 Å². The largest absolute Gasteiger partial charge is 0.317 e. The van der Waals surface area contributed by atoms with Crippen molar-refractivity contribution >= 4 is 20.8 Å². The Morgan fingerprint density at radius 1 is 1.00 bits per heavy atom. The molecule has 1 aliphatic carbocycles. The Morgan fingerprint density at radius 2 is 1.70 bits per heavy atom. The molecular weight excluding hydrogens is 312 g/mol. The zero-order valence-corrected chi connectivity index (χ0v) is 13.8. The van der Waals surface area contributed by atoms with Gasteiger partial charge >= 0.3 is 0 Å². The molecule has 5 nitrogen and oxygen atoms in total. The molecule has 1 fully saturated rings. The highest BCUT2D eigenvalue weighted by atomic mass is 32.2. The van der Waals surface area contributed by atoms with Crippen LogP contribution in [0.5, 0.6) is 0 Å². The van der Waals surface area contributed by atoms with Crippen LogP contribution in [-0.4, -0.2) is 25.7 Å². The number of benzene rings is 2. The first kappa shape index (κ1) is 16.4. The Balaban J connectivity index is 1.92. The molecule has 3 N–H and O–H groups in total. The minimum atomic E-state index is -3.63. The van der Waals surface area contributed by atoms with E-state index in [1.807, 2.05) is 30.3 Å². The van der Waals surface area contributed by atoms with Gasteiger partial charge in [0.05, 0.1) is 4.90 Å². The molecular formula is C17H22N2O3S. The molecule has 2 aromatic carbocycles. The predicted molar refractivity (Wildman–Crippen MR) is 89.9 cm³/mol. The molecule has 0 atom stereocenters. The molecule has 23 heavy (non-hydrogen) atoms. The highest BCUT2D eigenvalue weighted by Crippen LogP contribution is 2.30. The van der Waals surface area contributed by atoms with E-state index < -0.39 is 15.6 Å². The lowest BCUT2D eigenvalue weighted by atomic mass is 9.83. The van der Waals surface area contributed by atoms with E-state index in [0.29, 0.717) is 0 Å². The van der Waals surface area contributed by atoms with Crippen molar-refractivity contribution in [2.75, 3.05) is 6.54 Å². The van der Waals surface area contributed by atoms with E-state index in [9.17, 15) is 8.42 Å². The van der Waals surface area contributed by atoms with Gasteiger partial charge in [0.25, 0.3) is 0 Å². The summed E-state index contributed by atoms with van der Waals surface area (Å²) in [5.41, 5.74) is 1.54. The molecule has 1 saturated carbocycles. The third-order valence-corrected chi connectivity index (χ3v) is 6.19. The highest BCUT2D eigenvalue weighted by molar-refractivity contribution is 7.89. The lowest BCUT2D eigenvalue weighted by molar-refractivity contribution is 0.118. The van der Waals surface area contributed by atoms with Gasteiger partial charge in [-0.15, -0.1) is 0 Å². The van der Waals surface area contributed by atoms with Crippen molar-refractivity contribution in [3.05, 3.63) is 42.5 Å². The Hall–Kier alpha value is -1.47. The molecule has 0 aliphatic heterocycles. The van der Waals surface area contributed by atoms with E-state index in [1.54, 1.807) is 12.1 Å². The Bertz CT molecular complexity index is 778. The van der Waals surface area contributed by atoms with Crippen LogP contribution in [0, 0.1) is 0 Å². The minimum Gasteiger partial charge on any atom is -0.317 e. The van der Waals surface area contributed by atoms with Crippen LogP contribution < -0.4 is 10.2 Å². The summed E-state index contributed by atoms with van der Waals surface area (Å²) in [7, 11) is -3.63. The molecule has 3 rings (SSSR count). The summed E-state index contributed by atoms with van der Waals surface area (Å²) < 4.78 is 28.4. The standard InChI is InChI=1S/C17H22N2O3S/c20-18-13-17(10-4-1-5-11-17)19-23(21,22)16-9-8-14-6-2-3-7-15(14)12-16/h2-3,6-9,12,18-20H,1,4-5,10-11,13H2. The lowest BCUT2D eigenvalue weighted by Gasteiger charge is -2.37. The monoisotopic (exact) mass is 334 g/mol. The quantitative estimate of drug-likeness (QED) is 0.735. The van der Waals surface area contributed by atoms with Crippen LogP contribution in [0.25, 0.3) is 10.8 Å². The average molecular weight is 334 g/mol. The van der Waals surface area contributed by atoms with Crippen molar-refractivity contribution in [3.8, 4) is 0 Å². The summed E-state index contributed by atoms with van der Waals surface area (Å²) in [5.74, 6) is 0. The van der Waals surface area contributed by atoms with Crippen LogP contribution in [0.1, 0.15) is 32.1 Å². The Morgan fingerprint density at radius 3 is 2.39 bits per heavy atom. The van der Waals surface area contributed by atoms with Gasteiger partial charge in [-0.25, -0.2) is 18.6 Å². The molecule has 124 valence electrons. The summed E-state index contributed by atoms with van der Waals surface area (Å²) in [4.78, 5) is 0.263. The summed E-state index contributed by atoms with van der Waals surface area (Å²) in [6, 6.07) is 12.8. The first-order valence-corrected chi connectivity index (χ1v) is 9.43. The van der Waals surface area contributed by atoms with Gasteiger partial charge in [0.2, 0.25) is 10.0 Å². The van der Waals surface area contributed by atoms with Crippen molar-refractivity contribution in [3.63, 3.8) is 0 Å². The summed E-state index contributed by atoms with van der Waals surface area (Å²) in [6.07, 6.45) is 4.48. The van der Waals surface area contributed by atoms with Crippen LogP contribution in [0.4, 0.5) is 0 Å². The van der Waals surface area contributed by atoms with E-state index in [4.69, 9.17) is 5.21 Å². The van der Waals surface area contributed by atoms with Crippen LogP contribution in [0.2, 0.25) is 0 Å². The Labute approximate surface area is 136 Å². The van der Waals surface area contributed by atoms with Crippen LogP contribution in [0.15, 0.2) is 47.4 Å². The summed E-state index contributed by atoms with van der Waals surface area (Å²) in [6.45, 7) is 0.222. The SMILES string of the molecule is O=S(=O)(NC1(CNO)CCCCC1)c1ccc2ccccc2c1. The van der Waals surface area contributed by atoms with E-state index in [-0.39, 0.29) is 11.4 Å². The van der Waals surface area contributed by atoms with E-state index in [0.717, 1.165) is 42.9 Å². The second-order valence-corrected chi connectivity index (χ2v) is 7.97. The fraction of sp³-hybridized carbons (Fsp3) is 0.412. The Kier molecular flexibility index (Phi) is 4.68. The van der Waals surface area contributed by atoms with Gasteiger partial charge in [-0.3, -0.25) is 0 Å². The first-order chi connectivity index (χ1) is 11.0. The zero-order chi connectivity index (χ0) is 16.3. The fourth-order valence-corrected chi connectivity index (χ4v) is 4.87. The van der Waals surface area contributed by atoms with E-state index in [1.165, 1.54) is 0 Å². The normalized spacial score (nSPS) is 18.1. The number of hydrogen-bond acceptors (Lipinski definition) is 4. The zero-order valence-electron chi connectivity index (χ0n) is 13.0. The van der Waals surface area contributed by atoms with Crippen molar-refractivity contribution in [1.82, 2.24) is 10.2 Å². The molecule has 0 unspecified atom stereocenters. The number of sulfonamides is 1. The number of hydroxylamine groups is 1. The molecule has 0 bridgehead atoms. The van der Waals surface area contributed by atoms with Crippen LogP contribution in [0.3, 0.4) is 0 Å². The number of hydrogen-bond donors (Lipinski definition) is 3. The van der Waals surface area contributed by atoms with Gasteiger partial charge in [0, 0.05) is 12.1 Å². The molecule has 0 heterocycles. The smallest absolute Gasteiger partial charge is 0.241 e. The third-order valence-electron chi connectivity index (χ3n) is 4.61. The van der Waals surface area contributed by atoms with Crippen LogP contribution >= 0.6 is 0 Å². The maximum Gasteiger partial charge on any atom is 0.241 e. The average Bonchev–Trinajstić information content (AvgIpc) is 2.55. The maximum atomic E-state index is 12.8. The van der Waals surface area contributed by atoms with Crippen molar-refractivity contribution in [2.45, 2.75) is 42.5 Å². The molecule has 0 aromatic heterocycles. The molecule has 0 radical (unpaired) electrons. The van der Waals surface area contributed by atoms with Crippen molar-refractivity contribution in [2.24, 2.45) is 0 Å². The molecule has 2 aromatic rings.